The second kappa shape index (κ2) is 11.4. The van der Waals surface area contributed by atoms with E-state index in [4.69, 9.17) is 14.9 Å². The van der Waals surface area contributed by atoms with E-state index in [-0.39, 0.29) is 16.7 Å². The van der Waals surface area contributed by atoms with E-state index in [9.17, 15) is 9.59 Å². The van der Waals surface area contributed by atoms with Crippen molar-refractivity contribution in [3.8, 4) is 0 Å². The number of ether oxygens (including phenoxy) is 1. The highest BCUT2D eigenvalue weighted by atomic mass is 32.2. The molecule has 0 aliphatic carbocycles. The van der Waals surface area contributed by atoms with Crippen LogP contribution in [0.2, 0.25) is 0 Å². The van der Waals surface area contributed by atoms with Gasteiger partial charge in [0.05, 0.1) is 24.3 Å². The van der Waals surface area contributed by atoms with Gasteiger partial charge in [-0.25, -0.2) is 9.59 Å². The Morgan fingerprint density at radius 2 is 1.53 bits per heavy atom. The van der Waals surface area contributed by atoms with Gasteiger partial charge in [-0.15, -0.1) is 11.8 Å². The van der Waals surface area contributed by atoms with Crippen LogP contribution in [0.1, 0.15) is 38.8 Å². The van der Waals surface area contributed by atoms with Gasteiger partial charge in [-0.2, -0.15) is 0 Å². The van der Waals surface area contributed by atoms with Crippen molar-refractivity contribution in [1.82, 2.24) is 4.90 Å². The summed E-state index contributed by atoms with van der Waals surface area (Å²) in [6, 6.07) is 12.9. The number of rotatable bonds is 5. The topological polar surface area (TPSA) is 87.1 Å². The lowest BCUT2D eigenvalue weighted by Gasteiger charge is -2.29. The molecule has 1 saturated heterocycles. The molecule has 0 atom stereocenters. The summed E-state index contributed by atoms with van der Waals surface area (Å²) in [6.07, 6.45) is 4.35. The summed E-state index contributed by atoms with van der Waals surface area (Å²) >= 11 is 1.78. The third-order valence-corrected chi connectivity index (χ3v) is 5.54. The monoisotopic (exact) mass is 429 g/mol. The van der Waals surface area contributed by atoms with Gasteiger partial charge in [0.15, 0.2) is 0 Å². The first kappa shape index (κ1) is 23.5. The number of morpholine rings is 1. The minimum Gasteiger partial charge on any atom is -0.478 e. The molecule has 1 heterocycles. The zero-order valence-corrected chi connectivity index (χ0v) is 18.2. The zero-order valence-electron chi connectivity index (χ0n) is 17.4. The molecule has 7 heteroatoms. The van der Waals surface area contributed by atoms with Crippen LogP contribution < -0.4 is 0 Å². The molecular formula is C23H27NO5S. The van der Waals surface area contributed by atoms with E-state index >= 15 is 0 Å². The number of hydrogen-bond donors (Lipinski definition) is 2. The van der Waals surface area contributed by atoms with Crippen LogP contribution in [0, 0.1) is 6.92 Å². The molecule has 0 unspecified atom stereocenters. The molecule has 0 radical (unpaired) electrons. The first-order chi connectivity index (χ1) is 14.3. The van der Waals surface area contributed by atoms with Gasteiger partial charge in [0.1, 0.15) is 0 Å². The molecule has 2 aromatic rings. The Hall–Kier alpha value is -2.77. The van der Waals surface area contributed by atoms with Gasteiger partial charge >= 0.3 is 11.9 Å². The van der Waals surface area contributed by atoms with Crippen LogP contribution in [0.4, 0.5) is 0 Å². The van der Waals surface area contributed by atoms with Crippen molar-refractivity contribution in [1.29, 1.82) is 0 Å². The van der Waals surface area contributed by atoms with Gasteiger partial charge < -0.3 is 19.8 Å². The van der Waals surface area contributed by atoms with E-state index in [1.54, 1.807) is 11.8 Å². The van der Waals surface area contributed by atoms with Crippen LogP contribution in [0.25, 0.3) is 6.08 Å². The van der Waals surface area contributed by atoms with Crippen LogP contribution >= 0.6 is 11.8 Å². The van der Waals surface area contributed by atoms with Gasteiger partial charge in [0.2, 0.25) is 0 Å². The predicted octanol–water partition coefficient (Wildman–Crippen LogP) is 4.49. The molecule has 0 bridgehead atoms. The van der Waals surface area contributed by atoms with E-state index in [2.05, 4.69) is 48.4 Å². The van der Waals surface area contributed by atoms with Gasteiger partial charge in [-0.3, -0.25) is 0 Å². The summed E-state index contributed by atoms with van der Waals surface area (Å²) in [5.41, 5.74) is 2.93. The quantitative estimate of drug-likeness (QED) is 0.677. The van der Waals surface area contributed by atoms with Crippen LogP contribution in [0.5, 0.6) is 0 Å². The Labute approximate surface area is 181 Å². The standard InChI is InChI=1S/C14H19NOS.C9H8O4/c1-12(15-7-9-16-10-8-15)11-13-3-5-14(17-2)6-4-13;1-5-6(8(10)11)3-2-4-7(5)9(12)13/h3-6,11H,7-10H2,1-2H3;2-4H,1H3,(H,10,11)(H,12,13). The molecule has 1 aliphatic heterocycles. The van der Waals surface area contributed by atoms with Crippen LogP contribution in [0.15, 0.2) is 53.1 Å². The van der Waals surface area contributed by atoms with Crippen LogP contribution in [0.3, 0.4) is 0 Å². The Morgan fingerprint density at radius 1 is 1.00 bits per heavy atom. The number of thioether (sulfide) groups is 1. The van der Waals surface area contributed by atoms with E-state index in [0.717, 1.165) is 26.3 Å². The fourth-order valence-corrected chi connectivity index (χ4v) is 3.46. The number of aromatic carboxylic acids is 2. The number of hydrogen-bond acceptors (Lipinski definition) is 5. The van der Waals surface area contributed by atoms with Gasteiger partial charge in [0, 0.05) is 23.7 Å². The predicted molar refractivity (Wildman–Crippen MR) is 119 cm³/mol. The largest absolute Gasteiger partial charge is 0.478 e. The van der Waals surface area contributed by atoms with E-state index < -0.39 is 11.9 Å². The van der Waals surface area contributed by atoms with Gasteiger partial charge in [-0.05, 0) is 61.6 Å². The maximum atomic E-state index is 10.6. The molecule has 1 fully saturated rings. The molecule has 0 aromatic heterocycles. The summed E-state index contributed by atoms with van der Waals surface area (Å²) < 4.78 is 5.36. The Balaban J connectivity index is 0.000000222. The molecule has 30 heavy (non-hydrogen) atoms. The number of carbonyl (C=O) groups is 2. The van der Waals surface area contributed by atoms with Crippen molar-refractivity contribution in [3.63, 3.8) is 0 Å². The molecule has 0 saturated carbocycles. The first-order valence-electron chi connectivity index (χ1n) is 9.54. The molecule has 3 rings (SSSR count). The number of carboxylic acid groups (broad SMARTS) is 2. The number of nitrogens with zero attached hydrogens (tertiary/aromatic N) is 1. The van der Waals surface area contributed by atoms with Crippen molar-refractivity contribution >= 4 is 29.8 Å². The second-order valence-corrected chi connectivity index (χ2v) is 7.63. The highest BCUT2D eigenvalue weighted by Crippen LogP contribution is 2.18. The average molecular weight is 430 g/mol. The second-order valence-electron chi connectivity index (χ2n) is 6.75. The smallest absolute Gasteiger partial charge is 0.335 e. The number of carboxylic acids is 2. The normalized spacial score (nSPS) is 14.0. The zero-order chi connectivity index (χ0) is 22.1. The Bertz CT molecular complexity index is 870. The lowest BCUT2D eigenvalue weighted by molar-refractivity contribution is 0.0542. The van der Waals surface area contributed by atoms with Gasteiger partial charge in [0.25, 0.3) is 0 Å². The van der Waals surface area contributed by atoms with E-state index in [1.807, 2.05) is 0 Å². The van der Waals surface area contributed by atoms with E-state index in [0.29, 0.717) is 0 Å². The summed E-state index contributed by atoms with van der Waals surface area (Å²) in [5.74, 6) is -2.22. The summed E-state index contributed by atoms with van der Waals surface area (Å²) in [6.45, 7) is 7.35. The van der Waals surface area contributed by atoms with Crippen LogP contribution in [-0.4, -0.2) is 59.6 Å². The van der Waals surface area contributed by atoms with Crippen molar-refractivity contribution in [2.75, 3.05) is 32.6 Å². The SMILES string of the molecule is CSc1ccc(C=C(C)N2CCOCC2)cc1.Cc1c(C(=O)O)cccc1C(=O)O. The summed E-state index contributed by atoms with van der Waals surface area (Å²) in [5, 5.41) is 17.4. The third kappa shape index (κ3) is 6.64. The molecule has 160 valence electrons. The lowest BCUT2D eigenvalue weighted by Crippen LogP contribution is -2.34. The highest BCUT2D eigenvalue weighted by molar-refractivity contribution is 7.98. The number of allylic oxidation sites excluding steroid dienone is 1. The molecule has 6 nitrogen and oxygen atoms in total. The van der Waals surface area contributed by atoms with Crippen molar-refractivity contribution < 1.29 is 24.5 Å². The first-order valence-corrected chi connectivity index (χ1v) is 10.8. The van der Waals surface area contributed by atoms with Crippen LogP contribution in [-0.2, 0) is 4.74 Å². The fourth-order valence-electron chi connectivity index (χ4n) is 3.05. The molecule has 2 N–H and O–H groups in total. The Morgan fingerprint density at radius 3 is 2.00 bits per heavy atom. The maximum Gasteiger partial charge on any atom is 0.335 e. The van der Waals surface area contributed by atoms with Crippen molar-refractivity contribution in [3.05, 3.63) is 70.4 Å². The molecule has 2 aromatic carbocycles. The van der Waals surface area contributed by atoms with Gasteiger partial charge in [-0.1, -0.05) is 18.2 Å². The highest BCUT2D eigenvalue weighted by Gasteiger charge is 2.13. The maximum absolute atomic E-state index is 10.6. The van der Waals surface area contributed by atoms with Crippen molar-refractivity contribution in [2.45, 2.75) is 18.7 Å². The molecule has 0 spiro atoms. The number of benzene rings is 2. The lowest BCUT2D eigenvalue weighted by atomic mass is 10.0. The summed E-state index contributed by atoms with van der Waals surface area (Å²) in [7, 11) is 0. The van der Waals surface area contributed by atoms with E-state index in [1.165, 1.54) is 41.3 Å². The minimum atomic E-state index is -1.11. The fraction of sp³-hybridized carbons (Fsp3) is 0.304. The average Bonchev–Trinajstić information content (AvgIpc) is 2.75. The summed E-state index contributed by atoms with van der Waals surface area (Å²) in [4.78, 5) is 24.9. The minimum absolute atomic E-state index is 0.0277. The Kier molecular flexibility index (Phi) is 8.95. The molecule has 1 aliphatic rings. The molecular weight excluding hydrogens is 402 g/mol. The van der Waals surface area contributed by atoms with Crippen molar-refractivity contribution in [2.24, 2.45) is 0 Å². The third-order valence-electron chi connectivity index (χ3n) is 4.80. The molecule has 0 amide bonds.